The molecule has 1 aromatic rings. The molecule has 20 heavy (non-hydrogen) atoms. The Morgan fingerprint density at radius 3 is 2.40 bits per heavy atom. The normalized spacial score (nSPS) is 23.9. The molecule has 1 aromatic carbocycles. The highest BCUT2D eigenvalue weighted by Crippen LogP contribution is 2.26. The van der Waals surface area contributed by atoms with Gasteiger partial charge in [-0.15, -0.1) is 0 Å². The monoisotopic (exact) mass is 271 g/mol. The van der Waals surface area contributed by atoms with Crippen LogP contribution in [0.4, 0.5) is 5.69 Å². The summed E-state index contributed by atoms with van der Waals surface area (Å²) in [7, 11) is 4.05. The predicted octanol–water partition coefficient (Wildman–Crippen LogP) is 3.49. The van der Waals surface area contributed by atoms with Crippen LogP contribution >= 0.6 is 0 Å². The van der Waals surface area contributed by atoms with E-state index in [1.54, 1.807) is 0 Å². The van der Waals surface area contributed by atoms with E-state index in [9.17, 15) is 5.26 Å². The van der Waals surface area contributed by atoms with Crippen molar-refractivity contribution in [1.82, 2.24) is 5.32 Å². The van der Waals surface area contributed by atoms with Crippen LogP contribution in [-0.2, 0) is 0 Å². The summed E-state index contributed by atoms with van der Waals surface area (Å²) in [4.78, 5) is 2.07. The highest BCUT2D eigenvalue weighted by atomic mass is 15.1. The topological polar surface area (TPSA) is 39.1 Å². The van der Waals surface area contributed by atoms with Gasteiger partial charge in [-0.1, -0.05) is 31.9 Å². The standard InChI is InChI=1S/C17H25N3/c1-13-6-4-5-7-16(13)19-17(12-18)14-8-10-15(11-9-14)20(2)3/h8-11,13,16-17,19H,4-7H2,1-3H3. The summed E-state index contributed by atoms with van der Waals surface area (Å²) < 4.78 is 0. The van der Waals surface area contributed by atoms with Crippen molar-refractivity contribution in [1.29, 1.82) is 5.26 Å². The van der Waals surface area contributed by atoms with E-state index in [2.05, 4.69) is 47.5 Å². The first-order chi connectivity index (χ1) is 9.61. The Balaban J connectivity index is 2.06. The maximum atomic E-state index is 9.45. The van der Waals surface area contributed by atoms with Crippen molar-refractivity contribution in [3.63, 3.8) is 0 Å². The lowest BCUT2D eigenvalue weighted by molar-refractivity contribution is 0.271. The van der Waals surface area contributed by atoms with Gasteiger partial charge in [0.2, 0.25) is 0 Å². The zero-order chi connectivity index (χ0) is 14.5. The molecule has 108 valence electrons. The highest BCUT2D eigenvalue weighted by molar-refractivity contribution is 5.47. The molecule has 3 heteroatoms. The van der Waals surface area contributed by atoms with Crippen molar-refractivity contribution in [2.24, 2.45) is 5.92 Å². The van der Waals surface area contributed by atoms with Gasteiger partial charge in [0.05, 0.1) is 6.07 Å². The van der Waals surface area contributed by atoms with E-state index in [0.29, 0.717) is 12.0 Å². The first-order valence-electron chi connectivity index (χ1n) is 7.54. The fourth-order valence-corrected chi connectivity index (χ4v) is 2.95. The summed E-state index contributed by atoms with van der Waals surface area (Å²) in [6.45, 7) is 2.29. The number of nitriles is 1. The lowest BCUT2D eigenvalue weighted by Gasteiger charge is -2.31. The zero-order valence-corrected chi connectivity index (χ0v) is 12.8. The Hall–Kier alpha value is -1.53. The molecule has 1 aliphatic carbocycles. The minimum Gasteiger partial charge on any atom is -0.378 e. The molecular weight excluding hydrogens is 246 g/mol. The van der Waals surface area contributed by atoms with E-state index < -0.39 is 0 Å². The molecule has 3 unspecified atom stereocenters. The van der Waals surface area contributed by atoms with Crippen molar-refractivity contribution in [3.8, 4) is 6.07 Å². The van der Waals surface area contributed by atoms with E-state index >= 15 is 0 Å². The van der Waals surface area contributed by atoms with Crippen LogP contribution in [0.3, 0.4) is 0 Å². The number of anilines is 1. The number of hydrogen-bond donors (Lipinski definition) is 1. The smallest absolute Gasteiger partial charge is 0.121 e. The van der Waals surface area contributed by atoms with Crippen LogP contribution < -0.4 is 10.2 Å². The fraction of sp³-hybridized carbons (Fsp3) is 0.588. The highest BCUT2D eigenvalue weighted by Gasteiger charge is 2.24. The molecule has 2 rings (SSSR count). The number of nitrogens with zero attached hydrogens (tertiary/aromatic N) is 2. The van der Waals surface area contributed by atoms with Gasteiger partial charge in [0.15, 0.2) is 0 Å². The van der Waals surface area contributed by atoms with Crippen LogP contribution in [-0.4, -0.2) is 20.1 Å². The number of hydrogen-bond acceptors (Lipinski definition) is 3. The fourth-order valence-electron chi connectivity index (χ4n) is 2.95. The third-order valence-electron chi connectivity index (χ3n) is 4.36. The second-order valence-corrected chi connectivity index (χ2v) is 6.08. The Morgan fingerprint density at radius 2 is 1.85 bits per heavy atom. The van der Waals surface area contributed by atoms with Crippen molar-refractivity contribution < 1.29 is 0 Å². The van der Waals surface area contributed by atoms with Gasteiger partial charge in [0.25, 0.3) is 0 Å². The third-order valence-corrected chi connectivity index (χ3v) is 4.36. The predicted molar refractivity (Wildman–Crippen MR) is 83.7 cm³/mol. The lowest BCUT2D eigenvalue weighted by atomic mass is 9.85. The molecule has 3 nitrogen and oxygen atoms in total. The summed E-state index contributed by atoms with van der Waals surface area (Å²) in [6, 6.07) is 11.0. The van der Waals surface area contributed by atoms with Gasteiger partial charge < -0.3 is 4.90 Å². The van der Waals surface area contributed by atoms with Gasteiger partial charge in [-0.25, -0.2) is 0 Å². The van der Waals surface area contributed by atoms with E-state index in [1.165, 1.54) is 25.7 Å². The second-order valence-electron chi connectivity index (χ2n) is 6.08. The molecular formula is C17H25N3. The molecule has 0 aromatic heterocycles. The second kappa shape index (κ2) is 6.76. The summed E-state index contributed by atoms with van der Waals surface area (Å²) >= 11 is 0. The summed E-state index contributed by atoms with van der Waals surface area (Å²) in [6.07, 6.45) is 5.07. The van der Waals surface area contributed by atoms with Crippen molar-refractivity contribution in [3.05, 3.63) is 29.8 Å². The van der Waals surface area contributed by atoms with Gasteiger partial charge in [-0.3, -0.25) is 5.32 Å². The van der Waals surface area contributed by atoms with Gasteiger partial charge in [0, 0.05) is 25.8 Å². The number of benzene rings is 1. The van der Waals surface area contributed by atoms with Gasteiger partial charge in [0.1, 0.15) is 6.04 Å². The largest absolute Gasteiger partial charge is 0.378 e. The Bertz CT molecular complexity index is 458. The minimum absolute atomic E-state index is 0.197. The average Bonchev–Trinajstić information content (AvgIpc) is 2.46. The van der Waals surface area contributed by atoms with Crippen LogP contribution in [0.1, 0.15) is 44.2 Å². The Morgan fingerprint density at radius 1 is 1.20 bits per heavy atom. The quantitative estimate of drug-likeness (QED) is 0.911. The molecule has 0 spiro atoms. The van der Waals surface area contributed by atoms with Crippen molar-refractivity contribution in [2.45, 2.75) is 44.7 Å². The third kappa shape index (κ3) is 3.52. The summed E-state index contributed by atoms with van der Waals surface area (Å²) in [5.41, 5.74) is 2.23. The average molecular weight is 271 g/mol. The molecule has 1 N–H and O–H groups in total. The molecule has 1 saturated carbocycles. The van der Waals surface area contributed by atoms with E-state index in [1.807, 2.05) is 14.1 Å². The van der Waals surface area contributed by atoms with Crippen LogP contribution in [0, 0.1) is 17.2 Å². The number of rotatable bonds is 4. The summed E-state index contributed by atoms with van der Waals surface area (Å²) in [5.74, 6) is 0.667. The van der Waals surface area contributed by atoms with Crippen LogP contribution in [0.25, 0.3) is 0 Å². The van der Waals surface area contributed by atoms with Crippen LogP contribution in [0.2, 0.25) is 0 Å². The van der Waals surface area contributed by atoms with Crippen molar-refractivity contribution in [2.75, 3.05) is 19.0 Å². The molecule has 0 aliphatic heterocycles. The number of nitrogens with one attached hydrogen (secondary N) is 1. The molecule has 0 bridgehead atoms. The summed E-state index contributed by atoms with van der Waals surface area (Å²) in [5, 5.41) is 13.0. The van der Waals surface area contributed by atoms with Gasteiger partial charge >= 0.3 is 0 Å². The maximum Gasteiger partial charge on any atom is 0.121 e. The van der Waals surface area contributed by atoms with Crippen LogP contribution in [0.5, 0.6) is 0 Å². The molecule has 1 fully saturated rings. The lowest BCUT2D eigenvalue weighted by Crippen LogP contribution is -2.39. The van der Waals surface area contributed by atoms with E-state index in [4.69, 9.17) is 0 Å². The molecule has 0 radical (unpaired) electrons. The maximum absolute atomic E-state index is 9.45. The Kier molecular flexibility index (Phi) is 5.03. The van der Waals surface area contributed by atoms with E-state index in [0.717, 1.165) is 11.3 Å². The first kappa shape index (κ1) is 14.9. The Labute approximate surface area is 122 Å². The minimum atomic E-state index is -0.197. The van der Waals surface area contributed by atoms with Gasteiger partial charge in [-0.05, 0) is 36.5 Å². The molecule has 1 aliphatic rings. The van der Waals surface area contributed by atoms with Crippen LogP contribution in [0.15, 0.2) is 24.3 Å². The van der Waals surface area contributed by atoms with Gasteiger partial charge in [-0.2, -0.15) is 5.26 Å². The molecule has 0 saturated heterocycles. The first-order valence-corrected chi connectivity index (χ1v) is 7.54. The van der Waals surface area contributed by atoms with E-state index in [-0.39, 0.29) is 6.04 Å². The molecule has 0 heterocycles. The van der Waals surface area contributed by atoms with Crippen molar-refractivity contribution >= 4 is 5.69 Å². The SMILES string of the molecule is CC1CCCCC1NC(C#N)c1ccc(N(C)C)cc1. The zero-order valence-electron chi connectivity index (χ0n) is 12.8. The molecule has 0 amide bonds. The molecule has 3 atom stereocenters.